The summed E-state index contributed by atoms with van der Waals surface area (Å²) in [5.74, 6) is -2.42. The number of hydrogen-bond donors (Lipinski definition) is 2. The normalized spacial score (nSPS) is 18.1. The number of carboxylic acid groups (broad SMARTS) is 1. The molecule has 39 heavy (non-hydrogen) atoms. The van der Waals surface area contributed by atoms with E-state index in [2.05, 4.69) is 15.3 Å². The molecule has 2 aromatic heterocycles. The van der Waals surface area contributed by atoms with Crippen LogP contribution in [-0.4, -0.2) is 56.0 Å². The maximum absolute atomic E-state index is 14.0. The molecule has 0 spiro atoms. The Hall–Kier alpha value is -4.03. The van der Waals surface area contributed by atoms with Crippen molar-refractivity contribution in [2.45, 2.75) is 31.5 Å². The highest BCUT2D eigenvalue weighted by Crippen LogP contribution is 2.43. The van der Waals surface area contributed by atoms with Crippen LogP contribution in [0.15, 0.2) is 63.6 Å². The van der Waals surface area contributed by atoms with Crippen LogP contribution in [0.4, 0.5) is 13.2 Å². The topological polar surface area (TPSA) is 126 Å². The van der Waals surface area contributed by atoms with Crippen LogP contribution >= 0.6 is 0 Å². The second-order valence-corrected chi connectivity index (χ2v) is 9.79. The highest BCUT2D eigenvalue weighted by molar-refractivity contribution is 5.71. The molecule has 5 rings (SSSR count). The predicted molar refractivity (Wildman–Crippen MR) is 132 cm³/mol. The van der Waals surface area contributed by atoms with E-state index in [0.29, 0.717) is 30.6 Å². The number of aliphatic carboxylic acids is 1. The zero-order valence-electron chi connectivity index (χ0n) is 20.9. The van der Waals surface area contributed by atoms with Gasteiger partial charge in [-0.15, -0.1) is 0 Å². The molecular formula is C27H25F3N4O5. The highest BCUT2D eigenvalue weighted by atomic mass is 19.4. The van der Waals surface area contributed by atoms with Crippen LogP contribution in [0.2, 0.25) is 0 Å². The third kappa shape index (κ3) is 5.57. The smallest absolute Gasteiger partial charge is 0.422 e. The number of hydrogen-bond acceptors (Lipinski definition) is 8. The maximum Gasteiger partial charge on any atom is 0.422 e. The monoisotopic (exact) mass is 542 g/mol. The molecule has 3 heterocycles. The Morgan fingerprint density at radius 3 is 2.44 bits per heavy atom. The SMILES string of the molecule is CC(O)(CN1CCCC(C(=O)O)C1)c1ccc(-c2noc(-c3onc(-c4ccccc4)c3C(F)(F)F)n2)cc1. The number of halogens is 3. The van der Waals surface area contributed by atoms with E-state index in [-0.39, 0.29) is 23.6 Å². The molecule has 0 radical (unpaired) electrons. The third-order valence-electron chi connectivity index (χ3n) is 6.79. The van der Waals surface area contributed by atoms with Crippen molar-refractivity contribution >= 4 is 5.97 Å². The van der Waals surface area contributed by atoms with Gasteiger partial charge in [0, 0.05) is 24.2 Å². The van der Waals surface area contributed by atoms with E-state index in [1.165, 1.54) is 12.1 Å². The number of alkyl halides is 3. The average molecular weight is 543 g/mol. The Balaban J connectivity index is 1.36. The van der Waals surface area contributed by atoms with Crippen LogP contribution in [0.3, 0.4) is 0 Å². The van der Waals surface area contributed by atoms with Crippen LogP contribution in [0.1, 0.15) is 30.9 Å². The van der Waals surface area contributed by atoms with Crippen LogP contribution in [0.5, 0.6) is 0 Å². The molecule has 4 aromatic rings. The molecule has 1 aliphatic rings. The molecule has 2 aromatic carbocycles. The van der Waals surface area contributed by atoms with Crippen LogP contribution in [-0.2, 0) is 16.6 Å². The van der Waals surface area contributed by atoms with Crippen LogP contribution < -0.4 is 0 Å². The number of piperidine rings is 1. The third-order valence-corrected chi connectivity index (χ3v) is 6.79. The summed E-state index contributed by atoms with van der Waals surface area (Å²) in [5.41, 5.74) is -1.51. The van der Waals surface area contributed by atoms with Gasteiger partial charge in [-0.05, 0) is 31.9 Å². The molecule has 0 saturated carbocycles. The van der Waals surface area contributed by atoms with Gasteiger partial charge in [-0.3, -0.25) is 9.69 Å². The van der Waals surface area contributed by atoms with E-state index in [0.717, 1.165) is 6.42 Å². The Kier molecular flexibility index (Phi) is 7.00. The summed E-state index contributed by atoms with van der Waals surface area (Å²) in [4.78, 5) is 17.4. The standard InChI is InChI=1S/C27H25F3N4O5/c1-26(37,15-34-13-5-8-18(14-34)25(35)36)19-11-9-17(10-12-19)23-31-24(39-33-23)22-20(27(28,29)30)21(32-38-22)16-6-3-2-4-7-16/h2-4,6-7,9-12,18,37H,5,8,13-15H2,1H3,(H,35,36). The Morgan fingerprint density at radius 2 is 1.77 bits per heavy atom. The van der Waals surface area contributed by atoms with Crippen molar-refractivity contribution in [3.05, 3.63) is 65.7 Å². The Bertz CT molecular complexity index is 1450. The van der Waals surface area contributed by atoms with Gasteiger partial charge in [-0.2, -0.15) is 18.2 Å². The number of β-amino-alcohol motifs (C(OH)–C–C–N with tert-alkyl or cyclic N) is 1. The van der Waals surface area contributed by atoms with Gasteiger partial charge in [0.15, 0.2) is 0 Å². The number of nitrogens with zero attached hydrogens (tertiary/aromatic N) is 4. The zero-order valence-corrected chi connectivity index (χ0v) is 20.9. The predicted octanol–water partition coefficient (Wildman–Crippen LogP) is 5.08. The molecule has 204 valence electrons. The first kappa shape index (κ1) is 26.6. The molecule has 1 aliphatic heterocycles. The quantitative estimate of drug-likeness (QED) is 0.329. The van der Waals surface area contributed by atoms with Crippen molar-refractivity contribution in [1.29, 1.82) is 0 Å². The summed E-state index contributed by atoms with van der Waals surface area (Å²) in [6.45, 7) is 2.95. The van der Waals surface area contributed by atoms with Crippen LogP contribution in [0, 0.1) is 5.92 Å². The fraction of sp³-hybridized carbons (Fsp3) is 0.333. The lowest BCUT2D eigenvalue weighted by molar-refractivity contribution is -0.144. The summed E-state index contributed by atoms with van der Waals surface area (Å²) >= 11 is 0. The second kappa shape index (κ2) is 10.3. The minimum atomic E-state index is -4.79. The van der Waals surface area contributed by atoms with E-state index in [4.69, 9.17) is 9.05 Å². The largest absolute Gasteiger partial charge is 0.481 e. The van der Waals surface area contributed by atoms with Gasteiger partial charge in [0.1, 0.15) is 11.3 Å². The zero-order chi connectivity index (χ0) is 27.8. The molecule has 1 saturated heterocycles. The van der Waals surface area contributed by atoms with Crippen molar-refractivity contribution in [2.24, 2.45) is 5.92 Å². The minimum Gasteiger partial charge on any atom is -0.481 e. The molecule has 2 N–H and O–H groups in total. The summed E-state index contributed by atoms with van der Waals surface area (Å²) < 4.78 is 52.1. The maximum atomic E-state index is 14.0. The van der Waals surface area contributed by atoms with Crippen molar-refractivity contribution in [1.82, 2.24) is 20.2 Å². The number of carboxylic acids is 1. The lowest BCUT2D eigenvalue weighted by Crippen LogP contribution is -2.45. The van der Waals surface area contributed by atoms with Gasteiger partial charge in [-0.25, -0.2) is 0 Å². The molecular weight excluding hydrogens is 517 g/mol. The van der Waals surface area contributed by atoms with Gasteiger partial charge in [-0.1, -0.05) is 64.9 Å². The molecule has 12 heteroatoms. The number of carbonyl (C=O) groups is 1. The molecule has 1 fully saturated rings. The molecule has 2 unspecified atom stereocenters. The van der Waals surface area contributed by atoms with Gasteiger partial charge >= 0.3 is 12.1 Å². The Labute approximate surface area is 220 Å². The van der Waals surface area contributed by atoms with E-state index >= 15 is 0 Å². The second-order valence-electron chi connectivity index (χ2n) is 9.79. The molecule has 9 nitrogen and oxygen atoms in total. The number of likely N-dealkylation sites (tertiary alicyclic amines) is 1. The number of aromatic nitrogens is 3. The van der Waals surface area contributed by atoms with E-state index in [9.17, 15) is 28.2 Å². The lowest BCUT2D eigenvalue weighted by atomic mass is 9.92. The molecule has 2 atom stereocenters. The fourth-order valence-electron chi connectivity index (χ4n) is 4.83. The number of rotatable bonds is 7. The molecule has 0 bridgehead atoms. The first-order valence-corrected chi connectivity index (χ1v) is 12.3. The molecule has 0 amide bonds. The van der Waals surface area contributed by atoms with Crippen LogP contribution in [0.25, 0.3) is 34.3 Å². The van der Waals surface area contributed by atoms with E-state index in [1.807, 2.05) is 4.90 Å². The van der Waals surface area contributed by atoms with Crippen molar-refractivity contribution in [3.63, 3.8) is 0 Å². The van der Waals surface area contributed by atoms with Gasteiger partial charge in [0.2, 0.25) is 11.6 Å². The average Bonchev–Trinajstić information content (AvgIpc) is 3.57. The van der Waals surface area contributed by atoms with Crippen molar-refractivity contribution < 1.29 is 37.2 Å². The number of benzene rings is 2. The Morgan fingerprint density at radius 1 is 1.05 bits per heavy atom. The lowest BCUT2D eigenvalue weighted by Gasteiger charge is -2.36. The van der Waals surface area contributed by atoms with Gasteiger partial charge in [0.25, 0.3) is 5.89 Å². The summed E-state index contributed by atoms with van der Waals surface area (Å²) in [6, 6.07) is 14.4. The first-order valence-electron chi connectivity index (χ1n) is 12.3. The summed E-state index contributed by atoms with van der Waals surface area (Å²) in [5, 5.41) is 27.9. The van der Waals surface area contributed by atoms with Crippen molar-refractivity contribution in [2.75, 3.05) is 19.6 Å². The van der Waals surface area contributed by atoms with E-state index in [1.54, 1.807) is 49.4 Å². The minimum absolute atomic E-state index is 0.0299. The number of aliphatic hydroxyl groups is 1. The highest BCUT2D eigenvalue weighted by Gasteiger charge is 2.43. The fourth-order valence-corrected chi connectivity index (χ4v) is 4.83. The van der Waals surface area contributed by atoms with Gasteiger partial charge in [0.05, 0.1) is 11.5 Å². The van der Waals surface area contributed by atoms with Gasteiger partial charge < -0.3 is 19.3 Å². The first-order chi connectivity index (χ1) is 18.5. The van der Waals surface area contributed by atoms with E-state index < -0.39 is 40.9 Å². The molecule has 0 aliphatic carbocycles. The van der Waals surface area contributed by atoms with Crippen molar-refractivity contribution in [3.8, 4) is 34.3 Å². The summed E-state index contributed by atoms with van der Waals surface area (Å²) in [7, 11) is 0. The summed E-state index contributed by atoms with van der Waals surface area (Å²) in [6.07, 6.45) is -3.44.